The quantitative estimate of drug-likeness (QED) is 0.541. The van der Waals surface area contributed by atoms with Crippen LogP contribution in [0.3, 0.4) is 0 Å². The van der Waals surface area contributed by atoms with Crippen molar-refractivity contribution in [3.05, 3.63) is 76.6 Å². The van der Waals surface area contributed by atoms with Crippen molar-refractivity contribution in [1.82, 2.24) is 20.4 Å². The van der Waals surface area contributed by atoms with Crippen LogP contribution in [0.4, 0.5) is 0 Å². The van der Waals surface area contributed by atoms with Gasteiger partial charge in [0, 0.05) is 29.9 Å². The molecule has 1 aromatic heterocycles. The zero-order valence-corrected chi connectivity index (χ0v) is 20.0. The van der Waals surface area contributed by atoms with Gasteiger partial charge in [-0.2, -0.15) is 5.10 Å². The van der Waals surface area contributed by atoms with Gasteiger partial charge in [0.25, 0.3) is 0 Å². The summed E-state index contributed by atoms with van der Waals surface area (Å²) >= 11 is 0. The van der Waals surface area contributed by atoms with Crippen LogP contribution in [0.1, 0.15) is 60.8 Å². The largest absolute Gasteiger partial charge is 0.491 e. The SMILES string of the molecule is Cc1nn(-c2ccc(OC(C)C)c(CN[C@H]3CCCN[C@H]3c3ccccc3)c2)c(C)c1C. The van der Waals surface area contributed by atoms with Gasteiger partial charge in [0.05, 0.1) is 17.5 Å². The number of ether oxygens (including phenoxy) is 1. The van der Waals surface area contributed by atoms with E-state index in [1.807, 2.05) is 4.68 Å². The normalized spacial score (nSPS) is 18.8. The molecule has 1 aliphatic heterocycles. The molecule has 1 saturated heterocycles. The van der Waals surface area contributed by atoms with Crippen LogP contribution in [-0.4, -0.2) is 28.5 Å². The van der Waals surface area contributed by atoms with Gasteiger partial charge in [-0.25, -0.2) is 4.68 Å². The first kappa shape index (κ1) is 22.6. The molecule has 0 amide bonds. The van der Waals surface area contributed by atoms with E-state index in [0.717, 1.165) is 36.6 Å². The molecule has 5 nitrogen and oxygen atoms in total. The summed E-state index contributed by atoms with van der Waals surface area (Å²) in [7, 11) is 0. The highest BCUT2D eigenvalue weighted by atomic mass is 16.5. The Bertz CT molecular complexity index is 1040. The number of hydrogen-bond donors (Lipinski definition) is 2. The van der Waals surface area contributed by atoms with Gasteiger partial charge in [-0.3, -0.25) is 0 Å². The van der Waals surface area contributed by atoms with Gasteiger partial charge < -0.3 is 15.4 Å². The van der Waals surface area contributed by atoms with Crippen molar-refractivity contribution in [3.63, 3.8) is 0 Å². The fraction of sp³-hybridized carbons (Fsp3) is 0.444. The molecule has 2 atom stereocenters. The van der Waals surface area contributed by atoms with Gasteiger partial charge in [0.15, 0.2) is 0 Å². The molecule has 0 bridgehead atoms. The number of rotatable bonds is 7. The van der Waals surface area contributed by atoms with Crippen molar-refractivity contribution in [1.29, 1.82) is 0 Å². The second kappa shape index (κ2) is 9.88. The zero-order valence-electron chi connectivity index (χ0n) is 20.0. The average Bonchev–Trinajstić information content (AvgIpc) is 3.06. The smallest absolute Gasteiger partial charge is 0.124 e. The Kier molecular flexibility index (Phi) is 6.97. The number of piperidine rings is 1. The molecule has 3 aromatic rings. The molecule has 0 saturated carbocycles. The standard InChI is InChI=1S/C27H36N4O/c1-18(2)32-26-14-13-24(31-21(5)19(3)20(4)30-31)16-23(26)17-29-25-12-9-15-28-27(25)22-10-7-6-8-11-22/h6-8,10-11,13-14,16,18,25,27-29H,9,12,15,17H2,1-5H3/t25-,27-/m0/s1. The number of nitrogens with one attached hydrogen (secondary N) is 2. The summed E-state index contributed by atoms with van der Waals surface area (Å²) in [5, 5.41) is 12.3. The van der Waals surface area contributed by atoms with Crippen LogP contribution in [0.25, 0.3) is 5.69 Å². The maximum atomic E-state index is 6.16. The first-order valence-electron chi connectivity index (χ1n) is 11.8. The second-order valence-corrected chi connectivity index (χ2v) is 9.14. The van der Waals surface area contributed by atoms with Crippen LogP contribution in [-0.2, 0) is 6.54 Å². The topological polar surface area (TPSA) is 51.1 Å². The fourth-order valence-corrected chi connectivity index (χ4v) is 4.54. The molecular weight excluding hydrogens is 396 g/mol. The Balaban J connectivity index is 1.60. The summed E-state index contributed by atoms with van der Waals surface area (Å²) < 4.78 is 8.21. The summed E-state index contributed by atoms with van der Waals surface area (Å²) in [5.74, 6) is 0.939. The predicted molar refractivity (Wildman–Crippen MR) is 131 cm³/mol. The second-order valence-electron chi connectivity index (χ2n) is 9.14. The molecule has 2 heterocycles. The van der Waals surface area contributed by atoms with Crippen LogP contribution >= 0.6 is 0 Å². The van der Waals surface area contributed by atoms with Crippen LogP contribution in [0.5, 0.6) is 5.75 Å². The number of aromatic nitrogens is 2. The molecule has 2 N–H and O–H groups in total. The van der Waals surface area contributed by atoms with E-state index in [-0.39, 0.29) is 6.10 Å². The highest BCUT2D eigenvalue weighted by Crippen LogP contribution is 2.28. The van der Waals surface area contributed by atoms with Crippen LogP contribution in [0, 0.1) is 20.8 Å². The van der Waals surface area contributed by atoms with Crippen molar-refractivity contribution < 1.29 is 4.74 Å². The monoisotopic (exact) mass is 432 g/mol. The fourth-order valence-electron chi connectivity index (χ4n) is 4.54. The first-order chi connectivity index (χ1) is 15.4. The minimum absolute atomic E-state index is 0.129. The Morgan fingerprint density at radius 3 is 2.59 bits per heavy atom. The van der Waals surface area contributed by atoms with E-state index in [9.17, 15) is 0 Å². The van der Waals surface area contributed by atoms with Crippen LogP contribution in [0.15, 0.2) is 48.5 Å². The van der Waals surface area contributed by atoms with Gasteiger partial charge in [-0.1, -0.05) is 30.3 Å². The molecule has 0 spiro atoms. The maximum Gasteiger partial charge on any atom is 0.124 e. The van der Waals surface area contributed by atoms with Gasteiger partial charge in [-0.15, -0.1) is 0 Å². The minimum Gasteiger partial charge on any atom is -0.491 e. The van der Waals surface area contributed by atoms with Gasteiger partial charge >= 0.3 is 0 Å². The third-order valence-electron chi connectivity index (χ3n) is 6.48. The lowest BCUT2D eigenvalue weighted by atomic mass is 9.92. The van der Waals surface area contributed by atoms with E-state index in [0.29, 0.717) is 12.1 Å². The van der Waals surface area contributed by atoms with Gasteiger partial charge in [0.2, 0.25) is 0 Å². The Morgan fingerprint density at radius 1 is 1.12 bits per heavy atom. The predicted octanol–water partition coefficient (Wildman–Crippen LogP) is 5.17. The van der Waals surface area contributed by atoms with Crippen molar-refractivity contribution >= 4 is 0 Å². The van der Waals surface area contributed by atoms with Crippen molar-refractivity contribution in [2.24, 2.45) is 0 Å². The van der Waals surface area contributed by atoms with Gasteiger partial charge in [-0.05, 0) is 83.3 Å². The summed E-state index contributed by atoms with van der Waals surface area (Å²) in [5.41, 5.74) is 7.08. The van der Waals surface area contributed by atoms with E-state index >= 15 is 0 Å². The molecule has 0 radical (unpaired) electrons. The van der Waals surface area contributed by atoms with E-state index in [4.69, 9.17) is 9.84 Å². The summed E-state index contributed by atoms with van der Waals surface area (Å²) in [4.78, 5) is 0. The Morgan fingerprint density at radius 2 is 1.91 bits per heavy atom. The summed E-state index contributed by atoms with van der Waals surface area (Å²) in [6, 6.07) is 17.9. The molecule has 32 heavy (non-hydrogen) atoms. The lowest BCUT2D eigenvalue weighted by Crippen LogP contribution is -2.45. The third kappa shape index (κ3) is 4.89. The zero-order chi connectivity index (χ0) is 22.7. The number of nitrogens with zero attached hydrogens (tertiary/aromatic N) is 2. The first-order valence-corrected chi connectivity index (χ1v) is 11.8. The number of benzene rings is 2. The van der Waals surface area contributed by atoms with E-state index in [1.54, 1.807) is 0 Å². The van der Waals surface area contributed by atoms with Crippen molar-refractivity contribution in [2.75, 3.05) is 6.54 Å². The van der Waals surface area contributed by atoms with Gasteiger partial charge in [0.1, 0.15) is 5.75 Å². The molecule has 1 fully saturated rings. The van der Waals surface area contributed by atoms with E-state index < -0.39 is 0 Å². The van der Waals surface area contributed by atoms with E-state index in [2.05, 4.69) is 93.8 Å². The molecule has 170 valence electrons. The number of aryl methyl sites for hydroxylation is 1. The summed E-state index contributed by atoms with van der Waals surface area (Å²) in [6.45, 7) is 12.3. The highest BCUT2D eigenvalue weighted by molar-refractivity contribution is 5.46. The molecule has 1 aliphatic rings. The minimum atomic E-state index is 0.129. The van der Waals surface area contributed by atoms with Crippen LogP contribution in [0.2, 0.25) is 0 Å². The Labute approximate surface area is 192 Å². The van der Waals surface area contributed by atoms with Crippen molar-refractivity contribution in [3.8, 4) is 11.4 Å². The lowest BCUT2D eigenvalue weighted by molar-refractivity contribution is 0.238. The third-order valence-corrected chi connectivity index (χ3v) is 6.48. The molecule has 4 rings (SSSR count). The Hall–Kier alpha value is -2.63. The molecule has 0 aliphatic carbocycles. The highest BCUT2D eigenvalue weighted by Gasteiger charge is 2.26. The molecule has 5 heteroatoms. The summed E-state index contributed by atoms with van der Waals surface area (Å²) in [6.07, 6.45) is 2.47. The maximum absolute atomic E-state index is 6.16. The molecule has 0 unspecified atom stereocenters. The lowest BCUT2D eigenvalue weighted by Gasteiger charge is -2.34. The molecule has 2 aromatic carbocycles. The van der Waals surface area contributed by atoms with Crippen molar-refractivity contribution in [2.45, 2.75) is 72.2 Å². The molecular formula is C27H36N4O. The van der Waals surface area contributed by atoms with E-state index in [1.165, 1.54) is 28.8 Å². The number of hydrogen-bond acceptors (Lipinski definition) is 4. The average molecular weight is 433 g/mol. The van der Waals surface area contributed by atoms with Crippen LogP contribution < -0.4 is 15.4 Å².